The molecule has 0 spiro atoms. The number of aromatic amines is 1. The van der Waals surface area contributed by atoms with Gasteiger partial charge in [0.1, 0.15) is 5.82 Å². The Morgan fingerprint density at radius 1 is 0.906 bits per heavy atom. The van der Waals surface area contributed by atoms with Gasteiger partial charge in [-0.1, -0.05) is 12.1 Å². The molecule has 160 valence electrons. The van der Waals surface area contributed by atoms with Gasteiger partial charge in [0.2, 0.25) is 0 Å². The summed E-state index contributed by atoms with van der Waals surface area (Å²) >= 11 is 0. The first kappa shape index (κ1) is 19.8. The van der Waals surface area contributed by atoms with Crippen molar-refractivity contribution in [2.45, 2.75) is 12.8 Å². The average molecular weight is 426 g/mol. The Hall–Kier alpha value is -4.13. The molecular formula is C25H22N4O3. The van der Waals surface area contributed by atoms with Crippen molar-refractivity contribution in [3.8, 4) is 11.4 Å². The molecule has 0 saturated carbocycles. The Morgan fingerprint density at radius 2 is 1.59 bits per heavy atom. The predicted octanol–water partition coefficient (Wildman–Crippen LogP) is 4.78. The van der Waals surface area contributed by atoms with Gasteiger partial charge >= 0.3 is 5.97 Å². The molecule has 0 radical (unpaired) electrons. The molecule has 1 aliphatic heterocycles. The largest absolute Gasteiger partial charge is 0.478 e. The molecule has 1 saturated heterocycles. The molecule has 7 heteroatoms. The summed E-state index contributed by atoms with van der Waals surface area (Å²) in [5, 5.41) is 12.0. The number of carboxylic acids is 1. The second kappa shape index (κ2) is 8.19. The first-order chi connectivity index (χ1) is 15.6. The van der Waals surface area contributed by atoms with Crippen LogP contribution in [0.25, 0.3) is 22.4 Å². The van der Waals surface area contributed by atoms with Crippen LogP contribution in [-0.4, -0.2) is 40.0 Å². The van der Waals surface area contributed by atoms with Crippen LogP contribution < -0.4 is 10.2 Å². The summed E-state index contributed by atoms with van der Waals surface area (Å²) in [5.41, 5.74) is 4.99. The van der Waals surface area contributed by atoms with Crippen LogP contribution in [0.15, 0.2) is 66.7 Å². The van der Waals surface area contributed by atoms with Crippen LogP contribution in [0, 0.1) is 0 Å². The number of rotatable bonds is 5. The van der Waals surface area contributed by atoms with Crippen molar-refractivity contribution < 1.29 is 14.7 Å². The van der Waals surface area contributed by atoms with Gasteiger partial charge < -0.3 is 20.3 Å². The van der Waals surface area contributed by atoms with E-state index in [1.165, 1.54) is 12.8 Å². The van der Waals surface area contributed by atoms with Gasteiger partial charge in [-0.3, -0.25) is 4.79 Å². The van der Waals surface area contributed by atoms with Crippen LogP contribution in [0.2, 0.25) is 0 Å². The number of anilines is 2. The molecule has 5 rings (SSSR count). The van der Waals surface area contributed by atoms with Crippen molar-refractivity contribution in [2.24, 2.45) is 0 Å². The maximum atomic E-state index is 12.7. The lowest BCUT2D eigenvalue weighted by atomic mass is 10.1. The molecule has 0 bridgehead atoms. The summed E-state index contributed by atoms with van der Waals surface area (Å²) in [6.45, 7) is 2.14. The van der Waals surface area contributed by atoms with Crippen LogP contribution in [0.3, 0.4) is 0 Å². The first-order valence-corrected chi connectivity index (χ1v) is 10.6. The number of aromatic nitrogens is 2. The highest BCUT2D eigenvalue weighted by Crippen LogP contribution is 2.24. The van der Waals surface area contributed by atoms with Gasteiger partial charge in [0.15, 0.2) is 0 Å². The van der Waals surface area contributed by atoms with Crippen LogP contribution in [0.1, 0.15) is 33.6 Å². The topological polar surface area (TPSA) is 98.3 Å². The first-order valence-electron chi connectivity index (χ1n) is 10.6. The number of benzene rings is 3. The van der Waals surface area contributed by atoms with E-state index in [2.05, 4.69) is 20.2 Å². The molecule has 4 aromatic rings. The number of hydrogen-bond donors (Lipinski definition) is 3. The zero-order valence-electron chi connectivity index (χ0n) is 17.3. The summed E-state index contributed by atoms with van der Waals surface area (Å²) in [5.74, 6) is -0.494. The van der Waals surface area contributed by atoms with Crippen LogP contribution in [0.4, 0.5) is 11.4 Å². The van der Waals surface area contributed by atoms with Gasteiger partial charge in [0, 0.05) is 35.6 Å². The van der Waals surface area contributed by atoms with Gasteiger partial charge in [0.05, 0.1) is 16.6 Å². The Labute approximate surface area is 184 Å². The molecule has 3 aromatic carbocycles. The van der Waals surface area contributed by atoms with E-state index in [0.717, 1.165) is 35.4 Å². The van der Waals surface area contributed by atoms with E-state index in [4.69, 9.17) is 5.11 Å². The van der Waals surface area contributed by atoms with Crippen molar-refractivity contribution in [3.05, 3.63) is 77.9 Å². The maximum absolute atomic E-state index is 12.7. The van der Waals surface area contributed by atoms with Crippen LogP contribution >= 0.6 is 0 Å². The van der Waals surface area contributed by atoms with E-state index in [0.29, 0.717) is 17.1 Å². The normalized spacial score (nSPS) is 13.4. The zero-order valence-corrected chi connectivity index (χ0v) is 17.3. The number of H-pyrrole nitrogens is 1. The number of carboxylic acid groups (broad SMARTS) is 1. The van der Waals surface area contributed by atoms with Gasteiger partial charge in [0.25, 0.3) is 5.91 Å². The smallest absolute Gasteiger partial charge is 0.335 e. The summed E-state index contributed by atoms with van der Waals surface area (Å²) in [4.78, 5) is 33.9. The lowest BCUT2D eigenvalue weighted by molar-refractivity contribution is 0.0696. The second-order valence-corrected chi connectivity index (χ2v) is 7.89. The van der Waals surface area contributed by atoms with Gasteiger partial charge in [-0.05, 0) is 67.4 Å². The van der Waals surface area contributed by atoms with Gasteiger partial charge in [-0.15, -0.1) is 0 Å². The Bertz CT molecular complexity index is 1290. The SMILES string of the molecule is O=C(O)c1ccc(-c2nc3ccc(NC(=O)c4ccc(N5CCCC5)cc4)cc3[nH]2)cc1. The van der Waals surface area contributed by atoms with E-state index < -0.39 is 5.97 Å². The Balaban J connectivity index is 1.32. The standard InChI is InChI=1S/C25H22N4O3/c30-24(17-7-10-20(11-8-17)29-13-1-2-14-29)26-19-9-12-21-22(15-19)28-23(27-21)16-3-5-18(6-4-16)25(31)32/h3-12,15H,1-2,13-14H2,(H,26,30)(H,27,28)(H,31,32). The highest BCUT2D eigenvalue weighted by atomic mass is 16.4. The quantitative estimate of drug-likeness (QED) is 0.427. The number of carbonyl (C=O) groups is 2. The van der Waals surface area contributed by atoms with E-state index >= 15 is 0 Å². The van der Waals surface area contributed by atoms with Crippen molar-refractivity contribution in [1.29, 1.82) is 0 Å². The van der Waals surface area contributed by atoms with Gasteiger partial charge in [-0.25, -0.2) is 9.78 Å². The summed E-state index contributed by atoms with van der Waals surface area (Å²) in [7, 11) is 0. The Morgan fingerprint density at radius 3 is 2.28 bits per heavy atom. The van der Waals surface area contributed by atoms with Crippen molar-refractivity contribution in [2.75, 3.05) is 23.3 Å². The summed E-state index contributed by atoms with van der Waals surface area (Å²) in [6, 6.07) is 19.7. The van der Waals surface area contributed by atoms with E-state index in [1.807, 2.05) is 42.5 Å². The minimum Gasteiger partial charge on any atom is -0.478 e. The lowest BCUT2D eigenvalue weighted by Gasteiger charge is -2.17. The molecule has 1 aromatic heterocycles. The molecule has 1 amide bonds. The average Bonchev–Trinajstić information content (AvgIpc) is 3.49. The second-order valence-electron chi connectivity index (χ2n) is 7.89. The highest BCUT2D eigenvalue weighted by Gasteiger charge is 2.14. The molecule has 0 atom stereocenters. The van der Waals surface area contributed by atoms with E-state index in [9.17, 15) is 9.59 Å². The molecule has 1 fully saturated rings. The Kier molecular flexibility index (Phi) is 5.07. The number of amides is 1. The number of imidazole rings is 1. The number of nitrogens with one attached hydrogen (secondary N) is 2. The molecule has 1 aliphatic rings. The third-order valence-corrected chi connectivity index (χ3v) is 5.75. The van der Waals surface area contributed by atoms with Crippen LogP contribution in [-0.2, 0) is 0 Å². The predicted molar refractivity (Wildman–Crippen MR) is 124 cm³/mol. The third kappa shape index (κ3) is 3.92. The number of carbonyl (C=O) groups excluding carboxylic acids is 1. The minimum absolute atomic E-state index is 0.165. The molecule has 3 N–H and O–H groups in total. The highest BCUT2D eigenvalue weighted by molar-refractivity contribution is 6.05. The van der Waals surface area contributed by atoms with Crippen molar-refractivity contribution >= 4 is 34.3 Å². The molecule has 0 aliphatic carbocycles. The maximum Gasteiger partial charge on any atom is 0.335 e. The molecule has 7 nitrogen and oxygen atoms in total. The third-order valence-electron chi connectivity index (χ3n) is 5.75. The summed E-state index contributed by atoms with van der Waals surface area (Å²) in [6.07, 6.45) is 2.43. The fraction of sp³-hybridized carbons (Fsp3) is 0.160. The number of aromatic carboxylic acids is 1. The lowest BCUT2D eigenvalue weighted by Crippen LogP contribution is -2.18. The molecule has 0 unspecified atom stereocenters. The van der Waals surface area contributed by atoms with Crippen molar-refractivity contribution in [3.63, 3.8) is 0 Å². The van der Waals surface area contributed by atoms with Gasteiger partial charge in [-0.2, -0.15) is 0 Å². The number of fused-ring (bicyclic) bond motifs is 1. The molecule has 32 heavy (non-hydrogen) atoms. The fourth-order valence-corrected chi connectivity index (χ4v) is 4.00. The van der Waals surface area contributed by atoms with E-state index in [1.54, 1.807) is 24.3 Å². The van der Waals surface area contributed by atoms with E-state index in [-0.39, 0.29) is 11.5 Å². The molecule has 2 heterocycles. The zero-order chi connectivity index (χ0) is 22.1. The fourth-order valence-electron chi connectivity index (χ4n) is 4.00. The van der Waals surface area contributed by atoms with Crippen LogP contribution in [0.5, 0.6) is 0 Å². The summed E-state index contributed by atoms with van der Waals surface area (Å²) < 4.78 is 0. The monoisotopic (exact) mass is 426 g/mol. The number of nitrogens with zero attached hydrogens (tertiary/aromatic N) is 2. The molecular weight excluding hydrogens is 404 g/mol. The van der Waals surface area contributed by atoms with Crippen molar-refractivity contribution in [1.82, 2.24) is 9.97 Å². The minimum atomic E-state index is -0.966. The number of hydrogen-bond acceptors (Lipinski definition) is 4.